The standard InChI is InChI=1S/C21H15F3N2O2/c1-12-9-13(5-6-17(12)20(25)28)18-11-15(7-8-26-18)19(27)14-3-2-4-16(10-14)21(22,23)24/h2-11H,1H3,(H2,25,28). The lowest BCUT2D eigenvalue weighted by Crippen LogP contribution is -2.12. The number of halogens is 3. The maximum absolute atomic E-state index is 12.9. The molecule has 1 amide bonds. The van der Waals surface area contributed by atoms with Gasteiger partial charge in [0.2, 0.25) is 5.91 Å². The Morgan fingerprint density at radius 3 is 2.32 bits per heavy atom. The zero-order chi connectivity index (χ0) is 20.5. The van der Waals surface area contributed by atoms with E-state index in [0.29, 0.717) is 22.4 Å². The molecule has 0 unspecified atom stereocenters. The molecule has 3 rings (SSSR count). The molecule has 0 atom stereocenters. The minimum absolute atomic E-state index is 0.0627. The molecule has 0 aliphatic rings. The van der Waals surface area contributed by atoms with Gasteiger partial charge in [0.25, 0.3) is 0 Å². The first kappa shape index (κ1) is 19.3. The summed E-state index contributed by atoms with van der Waals surface area (Å²) in [5.41, 5.74) is 6.70. The van der Waals surface area contributed by atoms with Gasteiger partial charge in [-0.1, -0.05) is 18.2 Å². The molecular weight excluding hydrogens is 369 g/mol. The summed E-state index contributed by atoms with van der Waals surface area (Å²) < 4.78 is 38.7. The Bertz CT molecular complexity index is 1080. The Balaban J connectivity index is 1.97. The van der Waals surface area contributed by atoms with Gasteiger partial charge in [-0.3, -0.25) is 14.6 Å². The van der Waals surface area contributed by atoms with Gasteiger partial charge >= 0.3 is 6.18 Å². The molecule has 0 aliphatic heterocycles. The second-order valence-corrected chi connectivity index (χ2v) is 6.23. The molecule has 3 aromatic rings. The van der Waals surface area contributed by atoms with Crippen LogP contribution in [0, 0.1) is 6.92 Å². The van der Waals surface area contributed by atoms with Gasteiger partial charge < -0.3 is 5.73 Å². The monoisotopic (exact) mass is 384 g/mol. The molecule has 0 aliphatic carbocycles. The van der Waals surface area contributed by atoms with Crippen LogP contribution in [0.5, 0.6) is 0 Å². The smallest absolute Gasteiger partial charge is 0.366 e. The van der Waals surface area contributed by atoms with E-state index < -0.39 is 23.4 Å². The molecule has 1 heterocycles. The number of benzene rings is 2. The Labute approximate surface area is 158 Å². The second-order valence-electron chi connectivity index (χ2n) is 6.23. The van der Waals surface area contributed by atoms with E-state index >= 15 is 0 Å². The Morgan fingerprint density at radius 1 is 0.964 bits per heavy atom. The van der Waals surface area contributed by atoms with Crippen LogP contribution in [-0.2, 0) is 6.18 Å². The fraction of sp³-hybridized carbons (Fsp3) is 0.0952. The number of primary amides is 1. The number of nitrogens with zero attached hydrogens (tertiary/aromatic N) is 1. The van der Waals surface area contributed by atoms with E-state index in [4.69, 9.17) is 5.73 Å². The lowest BCUT2D eigenvalue weighted by Gasteiger charge is -2.09. The van der Waals surface area contributed by atoms with Crippen LogP contribution in [0.4, 0.5) is 13.2 Å². The van der Waals surface area contributed by atoms with Crippen LogP contribution < -0.4 is 5.73 Å². The fourth-order valence-electron chi connectivity index (χ4n) is 2.83. The van der Waals surface area contributed by atoms with Crippen molar-refractivity contribution in [1.29, 1.82) is 0 Å². The Hall–Kier alpha value is -3.48. The molecule has 0 fully saturated rings. The average molecular weight is 384 g/mol. The van der Waals surface area contributed by atoms with E-state index in [1.807, 2.05) is 0 Å². The summed E-state index contributed by atoms with van der Waals surface area (Å²) in [6.45, 7) is 1.72. The van der Waals surface area contributed by atoms with Crippen molar-refractivity contribution in [2.24, 2.45) is 5.73 Å². The molecule has 0 bridgehead atoms. The van der Waals surface area contributed by atoms with Crippen molar-refractivity contribution in [2.45, 2.75) is 13.1 Å². The van der Waals surface area contributed by atoms with Crippen molar-refractivity contribution in [3.63, 3.8) is 0 Å². The van der Waals surface area contributed by atoms with E-state index in [2.05, 4.69) is 4.98 Å². The summed E-state index contributed by atoms with van der Waals surface area (Å²) in [7, 11) is 0. The number of pyridine rings is 1. The first-order chi connectivity index (χ1) is 13.2. The van der Waals surface area contributed by atoms with Crippen LogP contribution in [0.15, 0.2) is 60.8 Å². The van der Waals surface area contributed by atoms with Gasteiger partial charge in [-0.2, -0.15) is 13.2 Å². The van der Waals surface area contributed by atoms with Gasteiger partial charge in [-0.05, 0) is 48.9 Å². The molecule has 2 aromatic carbocycles. The van der Waals surface area contributed by atoms with Gasteiger partial charge in [0, 0.05) is 28.5 Å². The minimum Gasteiger partial charge on any atom is -0.366 e. The highest BCUT2D eigenvalue weighted by molar-refractivity contribution is 6.09. The number of ketones is 1. The van der Waals surface area contributed by atoms with Crippen molar-refractivity contribution >= 4 is 11.7 Å². The second kappa shape index (κ2) is 7.26. The number of nitrogens with two attached hydrogens (primary N) is 1. The first-order valence-electron chi connectivity index (χ1n) is 8.25. The number of aryl methyl sites for hydroxylation is 1. The highest BCUT2D eigenvalue weighted by Crippen LogP contribution is 2.30. The van der Waals surface area contributed by atoms with Crippen LogP contribution in [0.3, 0.4) is 0 Å². The van der Waals surface area contributed by atoms with Crippen LogP contribution >= 0.6 is 0 Å². The third kappa shape index (κ3) is 3.93. The summed E-state index contributed by atoms with van der Waals surface area (Å²) in [5.74, 6) is -1.09. The van der Waals surface area contributed by atoms with Crippen molar-refractivity contribution in [3.8, 4) is 11.3 Å². The lowest BCUT2D eigenvalue weighted by molar-refractivity contribution is -0.137. The van der Waals surface area contributed by atoms with Crippen LogP contribution in [0.2, 0.25) is 0 Å². The summed E-state index contributed by atoms with van der Waals surface area (Å²) >= 11 is 0. The van der Waals surface area contributed by atoms with E-state index in [9.17, 15) is 22.8 Å². The lowest BCUT2D eigenvalue weighted by atomic mass is 9.98. The third-order valence-corrected chi connectivity index (χ3v) is 4.26. The summed E-state index contributed by atoms with van der Waals surface area (Å²) in [6, 6.07) is 12.1. The van der Waals surface area contributed by atoms with Crippen LogP contribution in [0.1, 0.15) is 37.4 Å². The number of alkyl halides is 3. The van der Waals surface area contributed by atoms with Crippen molar-refractivity contribution in [3.05, 3.63) is 88.6 Å². The molecule has 28 heavy (non-hydrogen) atoms. The van der Waals surface area contributed by atoms with Crippen molar-refractivity contribution in [2.75, 3.05) is 0 Å². The zero-order valence-electron chi connectivity index (χ0n) is 14.7. The van der Waals surface area contributed by atoms with E-state index in [1.54, 1.807) is 25.1 Å². The number of amides is 1. The molecule has 142 valence electrons. The largest absolute Gasteiger partial charge is 0.416 e. The third-order valence-electron chi connectivity index (χ3n) is 4.26. The quantitative estimate of drug-likeness (QED) is 0.678. The molecule has 7 heteroatoms. The minimum atomic E-state index is -4.53. The molecule has 0 saturated heterocycles. The van der Waals surface area contributed by atoms with Gasteiger partial charge in [-0.15, -0.1) is 0 Å². The maximum atomic E-state index is 12.9. The number of carbonyl (C=O) groups excluding carboxylic acids is 2. The molecular formula is C21H15F3N2O2. The van der Waals surface area contributed by atoms with Gasteiger partial charge in [0.1, 0.15) is 0 Å². The van der Waals surface area contributed by atoms with Crippen LogP contribution in [0.25, 0.3) is 11.3 Å². The molecule has 1 aromatic heterocycles. The van der Waals surface area contributed by atoms with E-state index in [1.165, 1.54) is 30.5 Å². The SMILES string of the molecule is Cc1cc(-c2cc(C(=O)c3cccc(C(F)(F)F)c3)ccn2)ccc1C(N)=O. The molecule has 0 saturated carbocycles. The summed E-state index contributed by atoms with van der Waals surface area (Å²) in [5, 5.41) is 0. The molecule has 4 nitrogen and oxygen atoms in total. The Morgan fingerprint density at radius 2 is 1.68 bits per heavy atom. The predicted molar refractivity (Wildman–Crippen MR) is 97.8 cm³/mol. The first-order valence-corrected chi connectivity index (χ1v) is 8.25. The fourth-order valence-corrected chi connectivity index (χ4v) is 2.83. The van der Waals surface area contributed by atoms with Gasteiger partial charge in [-0.25, -0.2) is 0 Å². The number of hydrogen-bond donors (Lipinski definition) is 1. The van der Waals surface area contributed by atoms with E-state index in [-0.39, 0.29) is 11.1 Å². The van der Waals surface area contributed by atoms with Crippen LogP contribution in [-0.4, -0.2) is 16.7 Å². The van der Waals surface area contributed by atoms with Gasteiger partial charge in [0.05, 0.1) is 11.3 Å². The number of aromatic nitrogens is 1. The molecule has 2 N–H and O–H groups in total. The number of carbonyl (C=O) groups is 2. The molecule has 0 spiro atoms. The molecule has 0 radical (unpaired) electrons. The Kier molecular flexibility index (Phi) is 5.00. The normalized spacial score (nSPS) is 11.3. The summed E-state index contributed by atoms with van der Waals surface area (Å²) in [4.78, 5) is 28.2. The average Bonchev–Trinajstić information content (AvgIpc) is 2.66. The number of hydrogen-bond acceptors (Lipinski definition) is 3. The van der Waals surface area contributed by atoms with Crippen molar-refractivity contribution < 1.29 is 22.8 Å². The zero-order valence-corrected chi connectivity index (χ0v) is 14.7. The number of rotatable bonds is 4. The highest BCUT2D eigenvalue weighted by atomic mass is 19.4. The summed E-state index contributed by atoms with van der Waals surface area (Å²) in [6.07, 6.45) is -3.12. The maximum Gasteiger partial charge on any atom is 0.416 e. The van der Waals surface area contributed by atoms with Gasteiger partial charge in [0.15, 0.2) is 5.78 Å². The predicted octanol–water partition coefficient (Wildman–Crippen LogP) is 4.41. The topological polar surface area (TPSA) is 73.1 Å². The highest BCUT2D eigenvalue weighted by Gasteiger charge is 2.31. The van der Waals surface area contributed by atoms with Crippen molar-refractivity contribution in [1.82, 2.24) is 4.98 Å². The van der Waals surface area contributed by atoms with E-state index in [0.717, 1.165) is 12.1 Å².